The van der Waals surface area contributed by atoms with Crippen molar-refractivity contribution >= 4 is 22.0 Å². The van der Waals surface area contributed by atoms with Gasteiger partial charge >= 0.3 is 6.03 Å². The van der Waals surface area contributed by atoms with Gasteiger partial charge in [-0.2, -0.15) is 0 Å². The van der Waals surface area contributed by atoms with E-state index in [1.54, 1.807) is 0 Å². The molecule has 3 amide bonds. The number of rotatable bonds is 5. The van der Waals surface area contributed by atoms with E-state index < -0.39 is 33.8 Å². The molecule has 0 unspecified atom stereocenters. The molecule has 0 aromatic rings. The molecule has 108 valence electrons. The highest BCUT2D eigenvalue weighted by Gasteiger charge is 2.34. The summed E-state index contributed by atoms with van der Waals surface area (Å²) in [7, 11) is -1.63. The molecule has 2 atom stereocenters. The molecule has 0 spiro atoms. The lowest BCUT2D eigenvalue weighted by atomic mass is 10.2. The molecule has 3 N–H and O–H groups in total. The van der Waals surface area contributed by atoms with Gasteiger partial charge in [-0.25, -0.2) is 17.9 Å². The standard InChI is InChI=1S/C10H18N4O4S/c1-14-4-2-3-7(14)5-11-19(17,18)6-8-9(15)13-10(16)12-8/h7-8,11H,2-6H2,1H3,(H2,12,13,15,16)/t7-,8-/m0/s1. The van der Waals surface area contributed by atoms with Gasteiger partial charge in [-0.15, -0.1) is 0 Å². The fourth-order valence-electron chi connectivity index (χ4n) is 2.31. The predicted molar refractivity (Wildman–Crippen MR) is 67.9 cm³/mol. The lowest BCUT2D eigenvalue weighted by Crippen LogP contribution is -2.44. The molecule has 2 saturated heterocycles. The van der Waals surface area contributed by atoms with Crippen LogP contribution in [0.5, 0.6) is 0 Å². The molecular weight excluding hydrogens is 272 g/mol. The van der Waals surface area contributed by atoms with Crippen LogP contribution in [0.3, 0.4) is 0 Å². The smallest absolute Gasteiger partial charge is 0.322 e. The molecule has 0 aromatic heterocycles. The van der Waals surface area contributed by atoms with Crippen molar-refractivity contribution in [2.24, 2.45) is 0 Å². The highest BCUT2D eigenvalue weighted by Crippen LogP contribution is 2.13. The van der Waals surface area contributed by atoms with Gasteiger partial charge in [0.2, 0.25) is 10.0 Å². The maximum atomic E-state index is 11.8. The molecule has 19 heavy (non-hydrogen) atoms. The zero-order valence-electron chi connectivity index (χ0n) is 10.7. The number of nitrogens with zero attached hydrogens (tertiary/aromatic N) is 1. The Hall–Kier alpha value is -1.19. The summed E-state index contributed by atoms with van der Waals surface area (Å²) in [4.78, 5) is 24.3. The number of imide groups is 1. The molecule has 0 bridgehead atoms. The van der Waals surface area contributed by atoms with Crippen LogP contribution in [0.25, 0.3) is 0 Å². The molecule has 0 aliphatic carbocycles. The number of likely N-dealkylation sites (tertiary alicyclic amines) is 1. The molecule has 2 heterocycles. The Labute approximate surface area is 112 Å². The molecule has 2 aliphatic heterocycles. The molecule has 9 heteroatoms. The molecule has 8 nitrogen and oxygen atoms in total. The number of amides is 3. The second kappa shape index (κ2) is 5.43. The lowest BCUT2D eigenvalue weighted by molar-refractivity contribution is -0.119. The van der Waals surface area contributed by atoms with Gasteiger partial charge in [0.15, 0.2) is 0 Å². The van der Waals surface area contributed by atoms with Crippen LogP contribution in [-0.4, -0.2) is 63.2 Å². The quantitative estimate of drug-likeness (QED) is 0.518. The van der Waals surface area contributed by atoms with Crippen LogP contribution in [-0.2, 0) is 14.8 Å². The summed E-state index contributed by atoms with van der Waals surface area (Å²) in [5.74, 6) is -1.03. The van der Waals surface area contributed by atoms with Crippen molar-refractivity contribution in [3.05, 3.63) is 0 Å². The van der Waals surface area contributed by atoms with Crippen LogP contribution in [0, 0.1) is 0 Å². The van der Waals surface area contributed by atoms with Gasteiger partial charge < -0.3 is 10.2 Å². The highest BCUT2D eigenvalue weighted by molar-refractivity contribution is 7.89. The molecule has 0 aromatic carbocycles. The molecule has 0 radical (unpaired) electrons. The van der Waals surface area contributed by atoms with Crippen LogP contribution < -0.4 is 15.4 Å². The number of nitrogens with one attached hydrogen (secondary N) is 3. The van der Waals surface area contributed by atoms with Gasteiger partial charge in [0.1, 0.15) is 6.04 Å². The number of carbonyl (C=O) groups excluding carboxylic acids is 2. The lowest BCUT2D eigenvalue weighted by Gasteiger charge is -2.20. The van der Waals surface area contributed by atoms with Gasteiger partial charge in [0.05, 0.1) is 5.75 Å². The van der Waals surface area contributed by atoms with Crippen LogP contribution in [0.4, 0.5) is 4.79 Å². The fraction of sp³-hybridized carbons (Fsp3) is 0.800. The third-order valence-electron chi connectivity index (χ3n) is 3.46. The first-order valence-electron chi connectivity index (χ1n) is 6.16. The summed E-state index contributed by atoms with van der Waals surface area (Å²) in [6.45, 7) is 1.30. The van der Waals surface area contributed by atoms with E-state index in [0.717, 1.165) is 19.4 Å². The Balaban J connectivity index is 1.85. The summed E-state index contributed by atoms with van der Waals surface area (Å²) in [6, 6.07) is -1.46. The SMILES string of the molecule is CN1CCC[C@H]1CNS(=O)(=O)C[C@@H]1NC(=O)NC1=O. The minimum atomic E-state index is -3.58. The number of urea groups is 1. The Morgan fingerprint density at radius 3 is 2.68 bits per heavy atom. The summed E-state index contributed by atoms with van der Waals surface area (Å²) in [6.07, 6.45) is 2.02. The van der Waals surface area contributed by atoms with E-state index in [4.69, 9.17) is 0 Å². The number of carbonyl (C=O) groups is 2. The number of hydrogen-bond acceptors (Lipinski definition) is 5. The largest absolute Gasteiger partial charge is 0.325 e. The van der Waals surface area contributed by atoms with Gasteiger partial charge in [-0.1, -0.05) is 0 Å². The average Bonchev–Trinajstić information content (AvgIpc) is 2.83. The van der Waals surface area contributed by atoms with Crippen molar-refractivity contribution in [1.82, 2.24) is 20.3 Å². The highest BCUT2D eigenvalue weighted by atomic mass is 32.2. The van der Waals surface area contributed by atoms with E-state index in [1.807, 2.05) is 12.4 Å². The minimum absolute atomic E-state index is 0.196. The minimum Gasteiger partial charge on any atom is -0.325 e. The number of hydrogen-bond donors (Lipinski definition) is 3. The number of likely N-dealkylation sites (N-methyl/N-ethyl adjacent to an activating group) is 1. The van der Waals surface area contributed by atoms with E-state index in [-0.39, 0.29) is 6.04 Å². The Kier molecular flexibility index (Phi) is 4.07. The summed E-state index contributed by atoms with van der Waals surface area (Å²) in [5, 5.41) is 4.27. The van der Waals surface area contributed by atoms with E-state index in [1.165, 1.54) is 0 Å². The van der Waals surface area contributed by atoms with Gasteiger partial charge in [-0.3, -0.25) is 10.1 Å². The molecule has 2 rings (SSSR count). The topological polar surface area (TPSA) is 108 Å². The van der Waals surface area contributed by atoms with Crippen molar-refractivity contribution in [3.63, 3.8) is 0 Å². The molecule has 0 saturated carbocycles. The fourth-order valence-corrected chi connectivity index (χ4v) is 3.55. The first kappa shape index (κ1) is 14.2. The third kappa shape index (κ3) is 3.64. The summed E-state index contributed by atoms with van der Waals surface area (Å²) >= 11 is 0. The monoisotopic (exact) mass is 290 g/mol. The van der Waals surface area contributed by atoms with Crippen LogP contribution in [0.15, 0.2) is 0 Å². The van der Waals surface area contributed by atoms with Crippen LogP contribution in [0.1, 0.15) is 12.8 Å². The van der Waals surface area contributed by atoms with Crippen molar-refractivity contribution < 1.29 is 18.0 Å². The maximum absolute atomic E-state index is 11.8. The Morgan fingerprint density at radius 2 is 2.16 bits per heavy atom. The second-order valence-electron chi connectivity index (χ2n) is 4.92. The Bertz CT molecular complexity index is 478. The molecular formula is C10H18N4O4S. The first-order chi connectivity index (χ1) is 8.87. The van der Waals surface area contributed by atoms with Gasteiger partial charge in [-0.05, 0) is 26.4 Å². The maximum Gasteiger partial charge on any atom is 0.322 e. The zero-order valence-corrected chi connectivity index (χ0v) is 11.5. The number of sulfonamides is 1. The average molecular weight is 290 g/mol. The van der Waals surface area contributed by atoms with Crippen molar-refractivity contribution in [3.8, 4) is 0 Å². The second-order valence-corrected chi connectivity index (χ2v) is 6.77. The van der Waals surface area contributed by atoms with Crippen molar-refractivity contribution in [2.45, 2.75) is 24.9 Å². The zero-order chi connectivity index (χ0) is 14.0. The summed E-state index contributed by atoms with van der Waals surface area (Å²) < 4.78 is 26.2. The molecule has 2 aliphatic rings. The van der Waals surface area contributed by atoms with E-state index in [0.29, 0.717) is 6.54 Å². The third-order valence-corrected chi connectivity index (χ3v) is 4.83. The first-order valence-corrected chi connectivity index (χ1v) is 7.81. The van der Waals surface area contributed by atoms with Crippen molar-refractivity contribution in [2.75, 3.05) is 25.9 Å². The summed E-state index contributed by atoms with van der Waals surface area (Å²) in [5.41, 5.74) is 0. The Morgan fingerprint density at radius 1 is 1.42 bits per heavy atom. The van der Waals surface area contributed by atoms with Crippen LogP contribution in [0.2, 0.25) is 0 Å². The van der Waals surface area contributed by atoms with E-state index in [2.05, 4.69) is 14.9 Å². The predicted octanol–water partition coefficient (Wildman–Crippen LogP) is -1.79. The van der Waals surface area contributed by atoms with Crippen LogP contribution >= 0.6 is 0 Å². The van der Waals surface area contributed by atoms with E-state index >= 15 is 0 Å². The normalized spacial score (nSPS) is 28.5. The van der Waals surface area contributed by atoms with Gasteiger partial charge in [0, 0.05) is 12.6 Å². The van der Waals surface area contributed by atoms with E-state index in [9.17, 15) is 18.0 Å². The van der Waals surface area contributed by atoms with Crippen molar-refractivity contribution in [1.29, 1.82) is 0 Å². The van der Waals surface area contributed by atoms with Gasteiger partial charge in [0.25, 0.3) is 5.91 Å². The molecule has 2 fully saturated rings.